The van der Waals surface area contributed by atoms with Crippen LogP contribution in [-0.4, -0.2) is 33.1 Å². The molecule has 2 aromatic carbocycles. The minimum Gasteiger partial charge on any atom is -0.497 e. The number of hydrogen-bond acceptors (Lipinski definition) is 5. The lowest BCUT2D eigenvalue weighted by atomic mass is 9.85. The number of alkyl halides is 3. The topological polar surface area (TPSA) is 61.8 Å². The van der Waals surface area contributed by atoms with E-state index in [1.165, 1.54) is 32.4 Å². The van der Waals surface area contributed by atoms with Crippen molar-refractivity contribution in [3.05, 3.63) is 58.7 Å². The van der Waals surface area contributed by atoms with Gasteiger partial charge >= 0.3 is 12.1 Å². The molecule has 0 fully saturated rings. The van der Waals surface area contributed by atoms with Crippen molar-refractivity contribution in [1.82, 2.24) is 0 Å². The Morgan fingerprint density at radius 2 is 1.64 bits per heavy atom. The summed E-state index contributed by atoms with van der Waals surface area (Å²) in [6.45, 7) is 0. The molecule has 0 aromatic heterocycles. The summed E-state index contributed by atoms with van der Waals surface area (Å²) in [5, 5.41) is 0. The lowest BCUT2D eigenvalue weighted by Gasteiger charge is -2.20. The van der Waals surface area contributed by atoms with Crippen molar-refractivity contribution in [2.45, 2.75) is 12.1 Å². The first-order valence-corrected chi connectivity index (χ1v) is 8.28. The summed E-state index contributed by atoms with van der Waals surface area (Å²) in [5.41, 5.74) is 0.191. The highest BCUT2D eigenvalue weighted by molar-refractivity contribution is 6.14. The van der Waals surface area contributed by atoms with Crippen LogP contribution in [0.15, 0.2) is 36.4 Å². The molecule has 0 unspecified atom stereocenters. The van der Waals surface area contributed by atoms with Crippen molar-refractivity contribution in [2.24, 2.45) is 5.92 Å². The zero-order chi connectivity index (χ0) is 20.6. The van der Waals surface area contributed by atoms with Crippen LogP contribution in [0.25, 0.3) is 0 Å². The van der Waals surface area contributed by atoms with Crippen molar-refractivity contribution in [3.63, 3.8) is 0 Å². The first kappa shape index (κ1) is 19.7. The molecule has 2 aromatic rings. The minimum absolute atomic E-state index is 0.219. The molecule has 148 valence electrons. The van der Waals surface area contributed by atoms with Crippen LogP contribution < -0.4 is 9.47 Å². The molecule has 28 heavy (non-hydrogen) atoms. The second kappa shape index (κ2) is 7.18. The highest BCUT2D eigenvalue weighted by Gasteiger charge is 2.48. The summed E-state index contributed by atoms with van der Waals surface area (Å²) < 4.78 is 54.0. The smallest absolute Gasteiger partial charge is 0.416 e. The Labute approximate surface area is 159 Å². The zero-order valence-electron chi connectivity index (χ0n) is 15.3. The molecule has 8 heteroatoms. The number of benzene rings is 2. The van der Waals surface area contributed by atoms with Gasteiger partial charge in [0.2, 0.25) is 0 Å². The maximum absolute atomic E-state index is 13.0. The third kappa shape index (κ3) is 3.19. The van der Waals surface area contributed by atoms with Crippen LogP contribution >= 0.6 is 0 Å². The second-order valence-corrected chi connectivity index (χ2v) is 6.25. The molecule has 0 saturated carbocycles. The van der Waals surface area contributed by atoms with Gasteiger partial charge in [0.05, 0.1) is 26.9 Å². The van der Waals surface area contributed by atoms with Gasteiger partial charge in [-0.1, -0.05) is 12.1 Å². The van der Waals surface area contributed by atoms with E-state index in [0.29, 0.717) is 22.6 Å². The number of Topliss-reactive ketones (excluding diaryl/α,β-unsaturated/α-hetero) is 1. The molecule has 0 heterocycles. The number of carbonyl (C=O) groups excluding carboxylic acids is 2. The Kier molecular flexibility index (Phi) is 5.06. The molecule has 0 spiro atoms. The van der Waals surface area contributed by atoms with E-state index >= 15 is 0 Å². The fourth-order valence-corrected chi connectivity index (χ4v) is 3.51. The molecule has 2 atom stereocenters. The van der Waals surface area contributed by atoms with E-state index in [1.807, 2.05) is 0 Å². The van der Waals surface area contributed by atoms with Crippen LogP contribution in [0.2, 0.25) is 0 Å². The number of hydrogen-bond donors (Lipinski definition) is 0. The molecule has 5 nitrogen and oxygen atoms in total. The fraction of sp³-hybridized carbons (Fsp3) is 0.300. The van der Waals surface area contributed by atoms with Gasteiger partial charge in [0.1, 0.15) is 17.4 Å². The van der Waals surface area contributed by atoms with E-state index in [1.54, 1.807) is 6.07 Å². The minimum atomic E-state index is -4.49. The molecular formula is C20H17F3O5. The van der Waals surface area contributed by atoms with E-state index in [-0.39, 0.29) is 5.56 Å². The average molecular weight is 394 g/mol. The quantitative estimate of drug-likeness (QED) is 0.583. The Balaban J connectivity index is 2.20. The number of ether oxygens (including phenoxy) is 3. The third-order valence-corrected chi connectivity index (χ3v) is 4.82. The van der Waals surface area contributed by atoms with Crippen molar-refractivity contribution < 1.29 is 37.0 Å². The van der Waals surface area contributed by atoms with Crippen LogP contribution in [0.5, 0.6) is 11.5 Å². The average Bonchev–Trinajstić information content (AvgIpc) is 2.98. The molecule has 3 rings (SSSR count). The van der Waals surface area contributed by atoms with Crippen molar-refractivity contribution >= 4 is 11.8 Å². The first-order valence-electron chi connectivity index (χ1n) is 8.28. The van der Waals surface area contributed by atoms with E-state index in [9.17, 15) is 22.8 Å². The van der Waals surface area contributed by atoms with Gasteiger partial charge in [-0.25, -0.2) is 0 Å². The van der Waals surface area contributed by atoms with E-state index in [0.717, 1.165) is 19.2 Å². The summed E-state index contributed by atoms with van der Waals surface area (Å²) in [5.74, 6) is -2.66. The van der Waals surface area contributed by atoms with Gasteiger partial charge in [-0.15, -0.1) is 0 Å². The summed E-state index contributed by atoms with van der Waals surface area (Å²) in [4.78, 5) is 25.3. The number of esters is 1. The van der Waals surface area contributed by atoms with Crippen LogP contribution in [0, 0.1) is 5.92 Å². The molecule has 0 N–H and O–H groups in total. The normalized spacial score (nSPS) is 18.6. The van der Waals surface area contributed by atoms with E-state index in [2.05, 4.69) is 0 Å². The van der Waals surface area contributed by atoms with Crippen LogP contribution in [-0.2, 0) is 15.7 Å². The van der Waals surface area contributed by atoms with E-state index in [4.69, 9.17) is 14.2 Å². The number of ketones is 1. The monoisotopic (exact) mass is 394 g/mol. The highest BCUT2D eigenvalue weighted by Crippen LogP contribution is 2.49. The lowest BCUT2D eigenvalue weighted by Crippen LogP contribution is -2.26. The van der Waals surface area contributed by atoms with Crippen molar-refractivity contribution in [3.8, 4) is 11.5 Å². The fourth-order valence-electron chi connectivity index (χ4n) is 3.51. The Hall–Kier alpha value is -3.03. The predicted octanol–water partition coefficient (Wildman–Crippen LogP) is 3.84. The predicted molar refractivity (Wildman–Crippen MR) is 92.7 cm³/mol. The van der Waals surface area contributed by atoms with Gasteiger partial charge in [-0.05, 0) is 23.8 Å². The third-order valence-electron chi connectivity index (χ3n) is 4.82. The Morgan fingerprint density at radius 1 is 1.00 bits per heavy atom. The highest BCUT2D eigenvalue weighted by atomic mass is 19.4. The standard InChI is InChI=1S/C20H17F3O5/c1-26-12-8-13-16(14(9-12)27-2)15(17(18(13)24)19(25)28-3)10-4-6-11(7-5-10)20(21,22)23/h4-9,15,17H,1-3H3/t15-,17+/m0/s1. The second-order valence-electron chi connectivity index (χ2n) is 6.25. The Morgan fingerprint density at radius 3 is 2.14 bits per heavy atom. The largest absolute Gasteiger partial charge is 0.497 e. The van der Waals surface area contributed by atoms with Gasteiger partial charge in [0.15, 0.2) is 5.78 Å². The molecule has 1 aliphatic rings. The maximum Gasteiger partial charge on any atom is 0.416 e. The maximum atomic E-state index is 13.0. The summed E-state index contributed by atoms with van der Waals surface area (Å²) in [6.07, 6.45) is -4.49. The van der Waals surface area contributed by atoms with Crippen LogP contribution in [0.3, 0.4) is 0 Å². The van der Waals surface area contributed by atoms with E-state index < -0.39 is 35.3 Å². The summed E-state index contributed by atoms with van der Waals surface area (Å²) in [7, 11) is 3.97. The van der Waals surface area contributed by atoms with Gasteiger partial charge < -0.3 is 14.2 Å². The van der Waals surface area contributed by atoms with Gasteiger partial charge in [0.25, 0.3) is 0 Å². The first-order chi connectivity index (χ1) is 13.2. The number of halogens is 3. The van der Waals surface area contributed by atoms with Gasteiger partial charge in [-0.3, -0.25) is 9.59 Å². The van der Waals surface area contributed by atoms with Crippen molar-refractivity contribution in [1.29, 1.82) is 0 Å². The van der Waals surface area contributed by atoms with Gasteiger partial charge in [-0.2, -0.15) is 13.2 Å². The molecule has 0 saturated heterocycles. The summed E-state index contributed by atoms with van der Waals surface area (Å²) in [6, 6.07) is 7.40. The molecule has 1 aliphatic carbocycles. The Bertz CT molecular complexity index is 919. The molecular weight excluding hydrogens is 377 g/mol. The van der Waals surface area contributed by atoms with Crippen LogP contribution in [0.4, 0.5) is 13.2 Å². The molecule has 0 radical (unpaired) electrons. The SMILES string of the molecule is COC(=O)[C@H]1C(=O)c2cc(OC)cc(OC)c2[C@@H]1c1ccc(C(F)(F)F)cc1. The summed E-state index contributed by atoms with van der Waals surface area (Å²) >= 11 is 0. The molecule has 0 aliphatic heterocycles. The number of rotatable bonds is 4. The number of carbonyl (C=O) groups is 2. The molecule has 0 bridgehead atoms. The lowest BCUT2D eigenvalue weighted by molar-refractivity contribution is -0.144. The zero-order valence-corrected chi connectivity index (χ0v) is 15.3. The van der Waals surface area contributed by atoms with Gasteiger partial charge in [0, 0.05) is 23.1 Å². The number of methoxy groups -OCH3 is 3. The number of fused-ring (bicyclic) bond motifs is 1. The van der Waals surface area contributed by atoms with Crippen molar-refractivity contribution in [2.75, 3.05) is 21.3 Å². The molecule has 0 amide bonds. The van der Waals surface area contributed by atoms with Crippen LogP contribution in [0.1, 0.15) is 33.0 Å².